The predicted molar refractivity (Wildman–Crippen MR) is 67.4 cm³/mol. The molecule has 0 radical (unpaired) electrons. The maximum Gasteiger partial charge on any atom is 0.0270 e. The maximum atomic E-state index is 5.74. The van der Waals surface area contributed by atoms with Crippen LogP contribution in [-0.2, 0) is 0 Å². The summed E-state index contributed by atoms with van der Waals surface area (Å²) in [4.78, 5) is 0. The summed E-state index contributed by atoms with van der Waals surface area (Å²) in [5, 5.41) is 0. The largest absolute Gasteiger partial charge is 0.399 e. The number of hydrogen-bond acceptors (Lipinski definition) is 1. The molecule has 86 valence electrons. The third-order valence-electron chi connectivity index (χ3n) is 3.12. The molecule has 15 heavy (non-hydrogen) atoms. The Balaban J connectivity index is 2.68. The minimum atomic E-state index is 0.353. The Labute approximate surface area is 94.4 Å². The average molecular weight is 207 g/mol. The second-order valence-corrected chi connectivity index (χ2v) is 6.63. The van der Waals surface area contributed by atoms with Crippen molar-refractivity contribution in [1.29, 1.82) is 0 Å². The quantitative estimate of drug-likeness (QED) is 0.731. The van der Waals surface area contributed by atoms with Crippen molar-refractivity contribution in [2.75, 3.05) is 0 Å². The van der Waals surface area contributed by atoms with Gasteiger partial charge in [-0.05, 0) is 35.7 Å². The van der Waals surface area contributed by atoms with Gasteiger partial charge in [-0.1, -0.05) is 46.8 Å². The number of nitrogens with two attached hydrogens (primary N) is 1. The topological polar surface area (TPSA) is 26.0 Å². The van der Waals surface area contributed by atoms with Gasteiger partial charge in [-0.2, -0.15) is 0 Å². The van der Waals surface area contributed by atoms with Crippen molar-refractivity contribution in [2.45, 2.75) is 47.5 Å². The van der Waals surface area contributed by atoms with Crippen LogP contribution in [0.5, 0.6) is 0 Å². The lowest BCUT2D eigenvalue weighted by Gasteiger charge is -2.38. The molecule has 0 bridgehead atoms. The van der Waals surface area contributed by atoms with Gasteiger partial charge >= 0.3 is 0 Å². The van der Waals surface area contributed by atoms with Crippen LogP contribution < -0.4 is 5.73 Å². The van der Waals surface area contributed by atoms with Crippen LogP contribution in [0.2, 0.25) is 0 Å². The summed E-state index contributed by atoms with van der Waals surface area (Å²) >= 11 is 0. The molecule has 0 amide bonds. The second kappa shape index (κ2) is 4.03. The van der Waals surface area contributed by atoms with Crippen LogP contribution in [-0.4, -0.2) is 0 Å². The predicted octanol–water partition coefficient (Wildman–Crippen LogP) is 3.87. The van der Waals surface area contributed by atoms with Crippen LogP contribution >= 0.6 is 0 Å². The molecule has 0 heterocycles. The van der Waals surface area contributed by atoms with Crippen molar-refractivity contribution in [3.05, 3.63) is 23.9 Å². The van der Waals surface area contributed by atoms with Crippen LogP contribution in [0.4, 0.5) is 0 Å². The standard InChI is InChI=1S/C14H25N/c1-13(2,3)10-14(4,5)11-6-8-12(15)9-7-11/h6,8-9,11H,7,10,15H2,1-5H3. The lowest BCUT2D eigenvalue weighted by atomic mass is 9.67. The molecule has 1 aliphatic carbocycles. The van der Waals surface area contributed by atoms with Crippen LogP contribution in [0.1, 0.15) is 47.5 Å². The van der Waals surface area contributed by atoms with E-state index in [0.29, 0.717) is 16.7 Å². The smallest absolute Gasteiger partial charge is 0.0270 e. The van der Waals surface area contributed by atoms with Gasteiger partial charge in [-0.25, -0.2) is 0 Å². The Kier molecular flexibility index (Phi) is 3.32. The van der Waals surface area contributed by atoms with E-state index < -0.39 is 0 Å². The van der Waals surface area contributed by atoms with E-state index in [-0.39, 0.29) is 0 Å². The van der Waals surface area contributed by atoms with E-state index in [1.807, 2.05) is 0 Å². The second-order valence-electron chi connectivity index (χ2n) is 6.63. The summed E-state index contributed by atoms with van der Waals surface area (Å²) < 4.78 is 0. The van der Waals surface area contributed by atoms with Gasteiger partial charge in [0.2, 0.25) is 0 Å². The first-order chi connectivity index (χ1) is 6.71. The number of allylic oxidation sites excluding steroid dienone is 3. The first-order valence-corrected chi connectivity index (χ1v) is 5.84. The van der Waals surface area contributed by atoms with Crippen LogP contribution in [0.3, 0.4) is 0 Å². The molecule has 0 fully saturated rings. The minimum absolute atomic E-state index is 0.353. The summed E-state index contributed by atoms with van der Waals surface area (Å²) in [5.74, 6) is 0.629. The highest BCUT2D eigenvalue weighted by atomic mass is 14.6. The summed E-state index contributed by atoms with van der Waals surface area (Å²) in [6.45, 7) is 11.7. The molecule has 1 unspecified atom stereocenters. The van der Waals surface area contributed by atoms with E-state index in [4.69, 9.17) is 5.73 Å². The molecule has 1 rings (SSSR count). The lowest BCUT2D eigenvalue weighted by molar-refractivity contribution is 0.157. The molecule has 0 aromatic carbocycles. The molecule has 1 atom stereocenters. The normalized spacial score (nSPS) is 22.7. The third kappa shape index (κ3) is 3.73. The van der Waals surface area contributed by atoms with E-state index in [9.17, 15) is 0 Å². The van der Waals surface area contributed by atoms with Gasteiger partial charge in [-0.15, -0.1) is 0 Å². The van der Waals surface area contributed by atoms with E-state index in [1.54, 1.807) is 0 Å². The molecule has 0 aromatic rings. The van der Waals surface area contributed by atoms with Gasteiger partial charge < -0.3 is 5.73 Å². The first-order valence-electron chi connectivity index (χ1n) is 5.84. The van der Waals surface area contributed by atoms with Crippen LogP contribution in [0.25, 0.3) is 0 Å². The van der Waals surface area contributed by atoms with E-state index >= 15 is 0 Å². The zero-order chi connectivity index (χ0) is 11.7. The fraction of sp³-hybridized carbons (Fsp3) is 0.714. The molecule has 0 aliphatic heterocycles. The van der Waals surface area contributed by atoms with Crippen molar-refractivity contribution in [3.63, 3.8) is 0 Å². The van der Waals surface area contributed by atoms with Crippen molar-refractivity contribution >= 4 is 0 Å². The highest BCUT2D eigenvalue weighted by Gasteiger charge is 2.32. The molecule has 0 saturated heterocycles. The van der Waals surface area contributed by atoms with E-state index in [1.165, 1.54) is 6.42 Å². The Bertz CT molecular complexity index is 276. The highest BCUT2D eigenvalue weighted by Crippen LogP contribution is 2.42. The molecule has 1 nitrogen and oxygen atoms in total. The first kappa shape index (κ1) is 12.4. The highest BCUT2D eigenvalue weighted by molar-refractivity contribution is 5.21. The van der Waals surface area contributed by atoms with Crippen molar-refractivity contribution in [3.8, 4) is 0 Å². The maximum absolute atomic E-state index is 5.74. The molecule has 0 saturated carbocycles. The average Bonchev–Trinajstić information content (AvgIpc) is 2.00. The van der Waals surface area contributed by atoms with Crippen molar-refractivity contribution in [2.24, 2.45) is 22.5 Å². The summed E-state index contributed by atoms with van der Waals surface area (Å²) in [6, 6.07) is 0. The SMILES string of the molecule is CC(C)(C)CC(C)(C)C1C=CC(N)=CC1. The van der Waals surface area contributed by atoms with Crippen molar-refractivity contribution < 1.29 is 0 Å². The van der Waals surface area contributed by atoms with E-state index in [2.05, 4.69) is 52.8 Å². The molecular weight excluding hydrogens is 182 g/mol. The Hall–Kier alpha value is -0.720. The van der Waals surface area contributed by atoms with Crippen LogP contribution in [0.15, 0.2) is 23.9 Å². The Morgan fingerprint density at radius 3 is 2.27 bits per heavy atom. The summed E-state index contributed by atoms with van der Waals surface area (Å²) in [6.07, 6.45) is 8.81. The van der Waals surface area contributed by atoms with E-state index in [0.717, 1.165) is 12.1 Å². The van der Waals surface area contributed by atoms with Crippen LogP contribution in [0, 0.1) is 16.7 Å². The molecule has 2 N–H and O–H groups in total. The number of rotatable bonds is 2. The Morgan fingerprint density at radius 2 is 1.87 bits per heavy atom. The monoisotopic (exact) mass is 207 g/mol. The summed E-state index contributed by atoms with van der Waals surface area (Å²) in [7, 11) is 0. The fourth-order valence-corrected chi connectivity index (χ4v) is 2.71. The van der Waals surface area contributed by atoms with Gasteiger partial charge in [-0.3, -0.25) is 0 Å². The summed E-state index contributed by atoms with van der Waals surface area (Å²) in [5.41, 5.74) is 7.40. The molecular formula is C14H25N. The van der Waals surface area contributed by atoms with Gasteiger partial charge in [0.1, 0.15) is 0 Å². The lowest BCUT2D eigenvalue weighted by Crippen LogP contribution is -2.29. The van der Waals surface area contributed by atoms with Gasteiger partial charge in [0.25, 0.3) is 0 Å². The minimum Gasteiger partial charge on any atom is -0.399 e. The molecule has 1 aliphatic rings. The molecule has 1 heteroatoms. The Morgan fingerprint density at radius 1 is 1.27 bits per heavy atom. The number of hydrogen-bond donors (Lipinski definition) is 1. The van der Waals surface area contributed by atoms with Crippen molar-refractivity contribution in [1.82, 2.24) is 0 Å². The van der Waals surface area contributed by atoms with Gasteiger partial charge in [0, 0.05) is 5.70 Å². The molecule has 0 aromatic heterocycles. The fourth-order valence-electron chi connectivity index (χ4n) is 2.71. The zero-order valence-corrected chi connectivity index (χ0v) is 10.8. The molecule has 0 spiro atoms. The zero-order valence-electron chi connectivity index (χ0n) is 10.8. The van der Waals surface area contributed by atoms with Gasteiger partial charge in [0.15, 0.2) is 0 Å². The van der Waals surface area contributed by atoms with Gasteiger partial charge in [0.05, 0.1) is 0 Å². The third-order valence-corrected chi connectivity index (χ3v) is 3.12.